The summed E-state index contributed by atoms with van der Waals surface area (Å²) in [4.78, 5) is 11.0. The van der Waals surface area contributed by atoms with Gasteiger partial charge in [0.25, 0.3) is 0 Å². The van der Waals surface area contributed by atoms with E-state index in [1.165, 1.54) is 27.0 Å². The molecule has 0 saturated carbocycles. The monoisotopic (exact) mass is 258 g/mol. The zero-order valence-electron chi connectivity index (χ0n) is 9.90. The van der Waals surface area contributed by atoms with Gasteiger partial charge in [-0.3, -0.25) is 4.79 Å². The second-order valence-electron chi connectivity index (χ2n) is 4.32. The number of rotatable bonds is 4. The van der Waals surface area contributed by atoms with Crippen LogP contribution in [0.25, 0.3) is 0 Å². The van der Waals surface area contributed by atoms with Crippen molar-refractivity contribution in [2.75, 3.05) is 7.11 Å². The second-order valence-corrected chi connectivity index (χ2v) is 4.73. The Balaban J connectivity index is 3.09. The van der Waals surface area contributed by atoms with Crippen LogP contribution in [0.2, 0.25) is 5.02 Å². The third-order valence-electron chi connectivity index (χ3n) is 2.73. The van der Waals surface area contributed by atoms with Crippen molar-refractivity contribution in [2.24, 2.45) is 5.41 Å². The summed E-state index contributed by atoms with van der Waals surface area (Å²) in [5.74, 6) is -0.590. The first-order chi connectivity index (χ1) is 7.80. The van der Waals surface area contributed by atoms with Crippen molar-refractivity contribution in [1.29, 1.82) is 0 Å². The lowest BCUT2D eigenvalue weighted by Gasteiger charge is -2.26. The number of benzene rings is 1. The van der Waals surface area contributed by atoms with Crippen molar-refractivity contribution >= 4 is 17.6 Å². The standard InChI is InChI=1S/C12H15ClO4/c1-12(2,11(15)16)10(14)7-4-5-9(17-3)8(13)6-7/h4-6,10,14H,1-3H3,(H,15,16). The third kappa shape index (κ3) is 2.70. The molecule has 0 spiro atoms. The molecule has 0 heterocycles. The summed E-state index contributed by atoms with van der Waals surface area (Å²) < 4.78 is 4.98. The van der Waals surface area contributed by atoms with Crippen molar-refractivity contribution in [3.63, 3.8) is 0 Å². The summed E-state index contributed by atoms with van der Waals surface area (Å²) in [7, 11) is 1.48. The molecule has 0 bridgehead atoms. The maximum Gasteiger partial charge on any atom is 0.312 e. The lowest BCUT2D eigenvalue weighted by atomic mass is 9.83. The van der Waals surface area contributed by atoms with Crippen LogP contribution in [0.1, 0.15) is 25.5 Å². The Hall–Kier alpha value is -1.26. The van der Waals surface area contributed by atoms with Crippen LogP contribution in [0.4, 0.5) is 0 Å². The average molecular weight is 259 g/mol. The Morgan fingerprint density at radius 1 is 1.47 bits per heavy atom. The van der Waals surface area contributed by atoms with Crippen LogP contribution in [0.3, 0.4) is 0 Å². The van der Waals surface area contributed by atoms with Gasteiger partial charge >= 0.3 is 5.97 Å². The molecule has 17 heavy (non-hydrogen) atoms. The Kier molecular flexibility index (Phi) is 4.01. The number of aliphatic hydroxyl groups is 1. The number of methoxy groups -OCH3 is 1. The molecule has 1 atom stereocenters. The topological polar surface area (TPSA) is 66.8 Å². The summed E-state index contributed by atoms with van der Waals surface area (Å²) in [6.45, 7) is 2.91. The quantitative estimate of drug-likeness (QED) is 0.871. The lowest BCUT2D eigenvalue weighted by Crippen LogP contribution is -2.31. The van der Waals surface area contributed by atoms with E-state index in [0.29, 0.717) is 16.3 Å². The highest BCUT2D eigenvalue weighted by atomic mass is 35.5. The molecule has 2 N–H and O–H groups in total. The van der Waals surface area contributed by atoms with Crippen LogP contribution in [-0.2, 0) is 4.79 Å². The molecule has 1 aromatic carbocycles. The van der Waals surface area contributed by atoms with Crippen LogP contribution in [0, 0.1) is 5.41 Å². The number of hydrogen-bond acceptors (Lipinski definition) is 3. The smallest absolute Gasteiger partial charge is 0.312 e. The fourth-order valence-corrected chi connectivity index (χ4v) is 1.65. The predicted molar refractivity (Wildman–Crippen MR) is 64.4 cm³/mol. The Labute approximate surface area is 105 Å². The van der Waals surface area contributed by atoms with E-state index in [1.54, 1.807) is 12.1 Å². The van der Waals surface area contributed by atoms with Gasteiger partial charge in [-0.2, -0.15) is 0 Å². The minimum Gasteiger partial charge on any atom is -0.495 e. The molecule has 5 heteroatoms. The predicted octanol–water partition coefficient (Wildman–Crippen LogP) is 2.49. The fraction of sp³-hybridized carbons (Fsp3) is 0.417. The number of carboxylic acid groups (broad SMARTS) is 1. The van der Waals surface area contributed by atoms with Gasteiger partial charge in [0, 0.05) is 0 Å². The normalized spacial score (nSPS) is 13.2. The van der Waals surface area contributed by atoms with E-state index in [1.807, 2.05) is 0 Å². The number of hydrogen-bond donors (Lipinski definition) is 2. The highest BCUT2D eigenvalue weighted by molar-refractivity contribution is 6.32. The summed E-state index contributed by atoms with van der Waals surface area (Å²) >= 11 is 5.92. The molecule has 0 aliphatic heterocycles. The Bertz CT molecular complexity index is 429. The number of carbonyl (C=O) groups is 1. The summed E-state index contributed by atoms with van der Waals surface area (Å²) in [5.41, 5.74) is -0.832. The average Bonchev–Trinajstić information content (AvgIpc) is 2.27. The molecule has 1 unspecified atom stereocenters. The highest BCUT2D eigenvalue weighted by Gasteiger charge is 2.36. The van der Waals surface area contributed by atoms with E-state index in [4.69, 9.17) is 21.4 Å². The maximum absolute atomic E-state index is 11.0. The number of carboxylic acids is 1. The van der Waals surface area contributed by atoms with Crippen LogP contribution >= 0.6 is 11.6 Å². The van der Waals surface area contributed by atoms with Crippen molar-refractivity contribution in [3.8, 4) is 5.75 Å². The van der Waals surface area contributed by atoms with Gasteiger partial charge in [0.2, 0.25) is 0 Å². The molecule has 94 valence electrons. The Morgan fingerprint density at radius 2 is 2.06 bits per heavy atom. The zero-order chi connectivity index (χ0) is 13.2. The molecular weight excluding hydrogens is 244 g/mol. The van der Waals surface area contributed by atoms with Crippen molar-refractivity contribution in [3.05, 3.63) is 28.8 Å². The van der Waals surface area contributed by atoms with Crippen LogP contribution in [0.5, 0.6) is 5.75 Å². The van der Waals surface area contributed by atoms with Crippen molar-refractivity contribution in [1.82, 2.24) is 0 Å². The van der Waals surface area contributed by atoms with Crippen molar-refractivity contribution < 1.29 is 19.7 Å². The van der Waals surface area contributed by atoms with Gasteiger partial charge < -0.3 is 14.9 Å². The maximum atomic E-state index is 11.0. The zero-order valence-corrected chi connectivity index (χ0v) is 10.7. The van der Waals surface area contributed by atoms with E-state index >= 15 is 0 Å². The van der Waals surface area contributed by atoms with Gasteiger partial charge in [-0.05, 0) is 31.5 Å². The van der Waals surface area contributed by atoms with Gasteiger partial charge in [0.05, 0.1) is 23.7 Å². The summed E-state index contributed by atoms with van der Waals surface area (Å²) in [6, 6.07) is 4.70. The van der Waals surface area contributed by atoms with E-state index in [0.717, 1.165) is 0 Å². The number of ether oxygens (including phenoxy) is 1. The molecule has 0 fully saturated rings. The van der Waals surface area contributed by atoms with Gasteiger partial charge in [-0.15, -0.1) is 0 Å². The van der Waals surface area contributed by atoms with Crippen LogP contribution in [0.15, 0.2) is 18.2 Å². The molecule has 4 nitrogen and oxygen atoms in total. The molecule has 0 saturated heterocycles. The number of aliphatic carboxylic acids is 1. The van der Waals surface area contributed by atoms with E-state index in [-0.39, 0.29) is 0 Å². The number of aliphatic hydroxyl groups excluding tert-OH is 1. The number of halogens is 1. The van der Waals surface area contributed by atoms with Gasteiger partial charge in [-0.1, -0.05) is 17.7 Å². The van der Waals surface area contributed by atoms with Gasteiger partial charge in [0.15, 0.2) is 0 Å². The first kappa shape index (κ1) is 13.8. The summed E-state index contributed by atoms with van der Waals surface area (Å²) in [5, 5.41) is 19.4. The highest BCUT2D eigenvalue weighted by Crippen LogP contribution is 2.36. The molecule has 0 aliphatic rings. The molecule has 1 aromatic rings. The first-order valence-corrected chi connectivity index (χ1v) is 5.43. The Morgan fingerprint density at radius 3 is 2.47 bits per heavy atom. The summed E-state index contributed by atoms with van der Waals surface area (Å²) in [6.07, 6.45) is -1.14. The molecule has 0 amide bonds. The minimum absolute atomic E-state index is 0.338. The molecule has 0 aromatic heterocycles. The first-order valence-electron chi connectivity index (χ1n) is 5.05. The van der Waals surface area contributed by atoms with Crippen molar-refractivity contribution in [2.45, 2.75) is 20.0 Å². The molecule has 0 aliphatic carbocycles. The largest absolute Gasteiger partial charge is 0.495 e. The lowest BCUT2D eigenvalue weighted by molar-refractivity contribution is -0.153. The van der Waals surface area contributed by atoms with E-state index in [2.05, 4.69) is 0 Å². The molecule has 0 radical (unpaired) electrons. The van der Waals surface area contributed by atoms with Gasteiger partial charge in [-0.25, -0.2) is 0 Å². The molecule has 1 rings (SSSR count). The molecular formula is C12H15ClO4. The fourth-order valence-electron chi connectivity index (χ4n) is 1.39. The second kappa shape index (κ2) is 4.94. The van der Waals surface area contributed by atoms with Crippen LogP contribution < -0.4 is 4.74 Å². The SMILES string of the molecule is COc1ccc(C(O)C(C)(C)C(=O)O)cc1Cl. The van der Waals surface area contributed by atoms with E-state index < -0.39 is 17.5 Å². The minimum atomic E-state index is -1.28. The van der Waals surface area contributed by atoms with Crippen LogP contribution in [-0.4, -0.2) is 23.3 Å². The van der Waals surface area contributed by atoms with E-state index in [9.17, 15) is 9.90 Å². The van der Waals surface area contributed by atoms with Gasteiger partial charge in [0.1, 0.15) is 5.75 Å². The third-order valence-corrected chi connectivity index (χ3v) is 3.02.